The summed E-state index contributed by atoms with van der Waals surface area (Å²) in [5.41, 5.74) is 9.28. The summed E-state index contributed by atoms with van der Waals surface area (Å²) < 4.78 is 0. The number of nitrogen functional groups attached to an aromatic ring is 1. The number of carbonyl (C=O) groups excluding carboxylic acids is 1. The van der Waals surface area contributed by atoms with Crippen LogP contribution in [0.3, 0.4) is 0 Å². The van der Waals surface area contributed by atoms with E-state index in [0.29, 0.717) is 12.5 Å². The van der Waals surface area contributed by atoms with Crippen LogP contribution in [0, 0.1) is 0 Å². The molecular weight excluding hydrogens is 314 g/mol. The summed E-state index contributed by atoms with van der Waals surface area (Å²) in [6.07, 6.45) is 5.43. The van der Waals surface area contributed by atoms with Gasteiger partial charge in [-0.2, -0.15) is 0 Å². The second kappa shape index (κ2) is 6.44. The maximum absolute atomic E-state index is 12.9. The zero-order valence-corrected chi connectivity index (χ0v) is 14.5. The van der Waals surface area contributed by atoms with Crippen molar-refractivity contribution < 1.29 is 4.79 Å². The van der Waals surface area contributed by atoms with Gasteiger partial charge in [0.1, 0.15) is 0 Å². The van der Waals surface area contributed by atoms with E-state index in [0.717, 1.165) is 42.0 Å². The van der Waals surface area contributed by atoms with Crippen LogP contribution >= 0.6 is 0 Å². The van der Waals surface area contributed by atoms with Gasteiger partial charge in [0, 0.05) is 29.9 Å². The molecule has 6 nitrogen and oxygen atoms in total. The van der Waals surface area contributed by atoms with Crippen molar-refractivity contribution >= 4 is 17.5 Å². The van der Waals surface area contributed by atoms with Gasteiger partial charge in [-0.1, -0.05) is 18.2 Å². The summed E-state index contributed by atoms with van der Waals surface area (Å²) in [4.78, 5) is 25.7. The first-order valence-electron chi connectivity index (χ1n) is 8.85. The molecule has 0 aliphatic carbocycles. The molecule has 1 unspecified atom stereocenters. The zero-order chi connectivity index (χ0) is 17.4. The predicted molar refractivity (Wildman–Crippen MR) is 98.2 cm³/mol. The molecule has 0 saturated carbocycles. The summed E-state index contributed by atoms with van der Waals surface area (Å²) in [5.74, 6) is 0.335. The lowest BCUT2D eigenvalue weighted by Gasteiger charge is -2.26. The first-order chi connectivity index (χ1) is 12.1. The van der Waals surface area contributed by atoms with Crippen molar-refractivity contribution in [1.29, 1.82) is 0 Å². The Morgan fingerprint density at radius 1 is 1.32 bits per heavy atom. The van der Waals surface area contributed by atoms with Gasteiger partial charge in [0.2, 0.25) is 11.9 Å². The van der Waals surface area contributed by atoms with Gasteiger partial charge in [0.05, 0.1) is 17.8 Å². The molecule has 0 spiro atoms. The number of amides is 1. The number of rotatable bonds is 3. The van der Waals surface area contributed by atoms with E-state index in [1.165, 1.54) is 12.8 Å². The Bertz CT molecular complexity index is 806. The Morgan fingerprint density at radius 2 is 2.16 bits per heavy atom. The number of carbonyl (C=O) groups is 1. The Morgan fingerprint density at radius 3 is 2.96 bits per heavy atom. The van der Waals surface area contributed by atoms with E-state index in [4.69, 9.17) is 5.73 Å². The van der Waals surface area contributed by atoms with Crippen LogP contribution in [-0.4, -0.2) is 47.0 Å². The SMILES string of the molecule is CN1CCCC1CCN1C(=O)Cc2cnc(N)nc2-c2ccccc21. The molecular formula is C19H23N5O. The van der Waals surface area contributed by atoms with Crippen molar-refractivity contribution in [3.8, 4) is 11.3 Å². The number of fused-ring (bicyclic) bond motifs is 3. The zero-order valence-electron chi connectivity index (χ0n) is 14.5. The molecule has 2 aliphatic rings. The third-order valence-corrected chi connectivity index (χ3v) is 5.33. The number of anilines is 2. The smallest absolute Gasteiger partial charge is 0.231 e. The minimum absolute atomic E-state index is 0.0974. The van der Waals surface area contributed by atoms with E-state index >= 15 is 0 Å². The van der Waals surface area contributed by atoms with Gasteiger partial charge in [-0.05, 0) is 38.9 Å². The number of benzene rings is 1. The number of likely N-dealkylation sites (tertiary alicyclic amines) is 1. The maximum atomic E-state index is 12.9. The van der Waals surface area contributed by atoms with Crippen molar-refractivity contribution in [3.05, 3.63) is 36.0 Å². The van der Waals surface area contributed by atoms with E-state index in [-0.39, 0.29) is 11.9 Å². The largest absolute Gasteiger partial charge is 0.368 e. The van der Waals surface area contributed by atoms with Gasteiger partial charge in [0.25, 0.3) is 0 Å². The van der Waals surface area contributed by atoms with Crippen LogP contribution in [0.5, 0.6) is 0 Å². The molecule has 0 bridgehead atoms. The monoisotopic (exact) mass is 337 g/mol. The quantitative estimate of drug-likeness (QED) is 0.928. The molecule has 3 heterocycles. The highest BCUT2D eigenvalue weighted by atomic mass is 16.2. The van der Waals surface area contributed by atoms with Crippen LogP contribution < -0.4 is 10.6 Å². The summed E-state index contributed by atoms with van der Waals surface area (Å²) >= 11 is 0. The first-order valence-corrected chi connectivity index (χ1v) is 8.85. The molecule has 2 aromatic rings. The molecule has 0 radical (unpaired) electrons. The molecule has 1 amide bonds. The lowest BCUT2D eigenvalue weighted by Crippen LogP contribution is -2.36. The predicted octanol–water partition coefficient (Wildman–Crippen LogP) is 2.10. The normalized spacial score (nSPS) is 20.3. The van der Waals surface area contributed by atoms with Crippen LogP contribution in [-0.2, 0) is 11.2 Å². The topological polar surface area (TPSA) is 75.3 Å². The van der Waals surface area contributed by atoms with Crippen molar-refractivity contribution in [3.63, 3.8) is 0 Å². The van der Waals surface area contributed by atoms with Gasteiger partial charge < -0.3 is 15.5 Å². The molecule has 2 aliphatic heterocycles. The standard InChI is InChI=1S/C19H23N5O/c1-23-9-4-5-14(23)8-10-24-16-7-3-2-6-15(16)18-13(11-17(24)25)12-21-19(20)22-18/h2-3,6-7,12,14H,4-5,8-11H2,1H3,(H2,20,21,22). The van der Waals surface area contributed by atoms with Crippen LogP contribution in [0.4, 0.5) is 11.6 Å². The molecule has 1 saturated heterocycles. The van der Waals surface area contributed by atoms with Crippen LogP contribution in [0.25, 0.3) is 11.3 Å². The number of hydrogen-bond acceptors (Lipinski definition) is 5. The van der Waals surface area contributed by atoms with Gasteiger partial charge in [0.15, 0.2) is 0 Å². The summed E-state index contributed by atoms with van der Waals surface area (Å²) in [6.45, 7) is 1.87. The summed E-state index contributed by atoms with van der Waals surface area (Å²) in [5, 5.41) is 0. The van der Waals surface area contributed by atoms with Crippen molar-refractivity contribution in [2.45, 2.75) is 31.7 Å². The lowest BCUT2D eigenvalue weighted by molar-refractivity contribution is -0.118. The number of nitrogens with zero attached hydrogens (tertiary/aromatic N) is 4. The lowest BCUT2D eigenvalue weighted by atomic mass is 10.1. The fraction of sp³-hybridized carbons (Fsp3) is 0.421. The number of nitrogens with two attached hydrogens (primary N) is 1. The Balaban J connectivity index is 1.69. The number of hydrogen-bond donors (Lipinski definition) is 1. The fourth-order valence-electron chi connectivity index (χ4n) is 3.95. The molecule has 6 heteroatoms. The molecule has 1 atom stereocenters. The third-order valence-electron chi connectivity index (χ3n) is 5.33. The Kier molecular flexibility index (Phi) is 4.13. The molecule has 25 heavy (non-hydrogen) atoms. The second-order valence-electron chi connectivity index (χ2n) is 6.91. The first kappa shape index (κ1) is 16.0. The third kappa shape index (κ3) is 2.98. The second-order valence-corrected chi connectivity index (χ2v) is 6.91. The number of aromatic nitrogens is 2. The van der Waals surface area contributed by atoms with Crippen LogP contribution in [0.1, 0.15) is 24.8 Å². The van der Waals surface area contributed by atoms with Crippen molar-refractivity contribution in [2.24, 2.45) is 0 Å². The maximum Gasteiger partial charge on any atom is 0.231 e. The molecule has 130 valence electrons. The minimum Gasteiger partial charge on any atom is -0.368 e. The molecule has 2 N–H and O–H groups in total. The highest BCUT2D eigenvalue weighted by Crippen LogP contribution is 2.36. The van der Waals surface area contributed by atoms with Gasteiger partial charge in [-0.25, -0.2) is 9.97 Å². The van der Waals surface area contributed by atoms with Gasteiger partial charge in [-0.15, -0.1) is 0 Å². The summed E-state index contributed by atoms with van der Waals surface area (Å²) in [7, 11) is 2.17. The van der Waals surface area contributed by atoms with E-state index in [9.17, 15) is 4.79 Å². The van der Waals surface area contributed by atoms with Gasteiger partial charge in [-0.3, -0.25) is 4.79 Å². The average Bonchev–Trinajstić information content (AvgIpc) is 2.97. The molecule has 1 fully saturated rings. The Labute approximate surface area is 147 Å². The fourth-order valence-corrected chi connectivity index (χ4v) is 3.95. The highest BCUT2D eigenvalue weighted by Gasteiger charge is 2.28. The van der Waals surface area contributed by atoms with Crippen molar-refractivity contribution in [2.75, 3.05) is 30.8 Å². The van der Waals surface area contributed by atoms with Crippen LogP contribution in [0.15, 0.2) is 30.5 Å². The minimum atomic E-state index is 0.0974. The highest BCUT2D eigenvalue weighted by molar-refractivity contribution is 6.01. The van der Waals surface area contributed by atoms with E-state index < -0.39 is 0 Å². The van der Waals surface area contributed by atoms with E-state index in [1.54, 1.807) is 6.20 Å². The van der Waals surface area contributed by atoms with Crippen LogP contribution in [0.2, 0.25) is 0 Å². The average molecular weight is 337 g/mol. The van der Waals surface area contributed by atoms with E-state index in [2.05, 4.69) is 21.9 Å². The molecule has 1 aromatic heterocycles. The molecule has 4 rings (SSSR count). The molecule has 1 aromatic carbocycles. The van der Waals surface area contributed by atoms with E-state index in [1.807, 2.05) is 29.2 Å². The summed E-state index contributed by atoms with van der Waals surface area (Å²) in [6, 6.07) is 8.50. The number of para-hydroxylation sites is 1. The van der Waals surface area contributed by atoms with Gasteiger partial charge >= 0.3 is 0 Å². The van der Waals surface area contributed by atoms with Crippen molar-refractivity contribution in [1.82, 2.24) is 14.9 Å². The Hall–Kier alpha value is -2.47.